The van der Waals surface area contributed by atoms with E-state index in [9.17, 15) is 4.79 Å². The second-order valence-electron chi connectivity index (χ2n) is 3.62. The third kappa shape index (κ3) is 2.24. The molecule has 1 aliphatic heterocycles. The largest absolute Gasteiger partial charge is 0.344 e. The summed E-state index contributed by atoms with van der Waals surface area (Å²) in [5.74, 6) is 0.0888. The van der Waals surface area contributed by atoms with E-state index in [1.54, 1.807) is 4.90 Å². The smallest absolute Gasteiger partial charge is 0.240 e. The molecule has 0 aromatic carbocycles. The second-order valence-corrected chi connectivity index (χ2v) is 3.62. The number of hydrogen-bond donors (Lipinski definition) is 0. The molecule has 0 bridgehead atoms. The van der Waals surface area contributed by atoms with Gasteiger partial charge in [0.05, 0.1) is 12.5 Å². The van der Waals surface area contributed by atoms with Crippen LogP contribution in [0.2, 0.25) is 0 Å². The molecule has 0 N–H and O–H groups in total. The first kappa shape index (κ1) is 11.0. The predicted molar refractivity (Wildman–Crippen MR) is 53.5 cm³/mol. The van der Waals surface area contributed by atoms with E-state index in [0.29, 0.717) is 6.42 Å². The van der Waals surface area contributed by atoms with Crippen LogP contribution in [0, 0.1) is 11.3 Å². The molecule has 4 nitrogen and oxygen atoms in total. The Bertz CT molecular complexity index is 246. The molecule has 1 unspecified atom stereocenters. The van der Waals surface area contributed by atoms with Crippen LogP contribution in [0.1, 0.15) is 19.8 Å². The summed E-state index contributed by atoms with van der Waals surface area (Å²) in [5, 5.41) is 8.68. The predicted octanol–water partition coefficient (Wildman–Crippen LogP) is 0.453. The molecule has 0 spiro atoms. The number of likely N-dealkylation sites (N-methyl/N-ethyl adjacent to an activating group) is 2. The van der Waals surface area contributed by atoms with Gasteiger partial charge in [-0.15, -0.1) is 0 Å². The monoisotopic (exact) mass is 195 g/mol. The molecule has 1 atom stereocenters. The van der Waals surface area contributed by atoms with E-state index < -0.39 is 0 Å². The Hall–Kier alpha value is -1.08. The van der Waals surface area contributed by atoms with E-state index in [0.717, 1.165) is 26.1 Å². The first-order valence-corrected chi connectivity index (χ1v) is 5.06. The first-order valence-electron chi connectivity index (χ1n) is 5.06. The fourth-order valence-corrected chi connectivity index (χ4v) is 1.87. The van der Waals surface area contributed by atoms with Crippen molar-refractivity contribution >= 4 is 5.91 Å². The molecule has 1 rings (SSSR count). The lowest BCUT2D eigenvalue weighted by Crippen LogP contribution is -2.44. The number of amides is 1. The molecule has 1 saturated heterocycles. The number of carbonyl (C=O) groups excluding carboxylic acids is 1. The summed E-state index contributed by atoms with van der Waals surface area (Å²) in [6, 6.07) is 1.87. The van der Waals surface area contributed by atoms with Gasteiger partial charge in [0.2, 0.25) is 5.91 Å². The average Bonchev–Trinajstić information content (AvgIpc) is 2.31. The normalized spacial score (nSPS) is 24.5. The van der Waals surface area contributed by atoms with Gasteiger partial charge >= 0.3 is 0 Å². The summed E-state index contributed by atoms with van der Waals surface area (Å²) in [6.07, 6.45) is 1.30. The minimum absolute atomic E-state index is 0.0888. The third-order valence-electron chi connectivity index (χ3n) is 2.73. The Morgan fingerprint density at radius 3 is 2.86 bits per heavy atom. The van der Waals surface area contributed by atoms with Gasteiger partial charge in [-0.1, -0.05) is 6.92 Å². The molecular formula is C10H17N3O. The number of nitrogens with zero attached hydrogens (tertiary/aromatic N) is 3. The van der Waals surface area contributed by atoms with Crippen LogP contribution in [0.3, 0.4) is 0 Å². The fraction of sp³-hybridized carbons (Fsp3) is 0.800. The van der Waals surface area contributed by atoms with Gasteiger partial charge in [0.25, 0.3) is 0 Å². The fourth-order valence-electron chi connectivity index (χ4n) is 1.87. The van der Waals surface area contributed by atoms with Crippen molar-refractivity contribution in [3.05, 3.63) is 0 Å². The van der Waals surface area contributed by atoms with Gasteiger partial charge in [-0.2, -0.15) is 5.26 Å². The van der Waals surface area contributed by atoms with Crippen LogP contribution >= 0.6 is 0 Å². The van der Waals surface area contributed by atoms with Crippen LogP contribution in [-0.4, -0.2) is 48.4 Å². The molecular weight excluding hydrogens is 178 g/mol. The number of nitriles is 1. The van der Waals surface area contributed by atoms with Gasteiger partial charge < -0.3 is 4.90 Å². The van der Waals surface area contributed by atoms with Gasteiger partial charge in [-0.3, -0.25) is 9.69 Å². The van der Waals surface area contributed by atoms with E-state index in [1.807, 2.05) is 14.0 Å². The lowest BCUT2D eigenvalue weighted by atomic mass is 10.1. The first-order chi connectivity index (χ1) is 6.70. The van der Waals surface area contributed by atoms with E-state index in [1.165, 1.54) is 0 Å². The van der Waals surface area contributed by atoms with Gasteiger partial charge in [0.1, 0.15) is 6.04 Å². The van der Waals surface area contributed by atoms with Crippen molar-refractivity contribution in [3.63, 3.8) is 0 Å². The van der Waals surface area contributed by atoms with Crippen LogP contribution in [-0.2, 0) is 4.79 Å². The van der Waals surface area contributed by atoms with E-state index >= 15 is 0 Å². The van der Waals surface area contributed by atoms with Crippen LogP contribution in [0.15, 0.2) is 0 Å². The van der Waals surface area contributed by atoms with Gasteiger partial charge in [0, 0.05) is 20.1 Å². The van der Waals surface area contributed by atoms with Crippen molar-refractivity contribution in [1.82, 2.24) is 9.80 Å². The van der Waals surface area contributed by atoms with Crippen LogP contribution in [0.25, 0.3) is 0 Å². The molecule has 1 amide bonds. The quantitative estimate of drug-likeness (QED) is 0.643. The highest BCUT2D eigenvalue weighted by Gasteiger charge is 2.29. The number of hydrogen-bond acceptors (Lipinski definition) is 3. The highest BCUT2D eigenvalue weighted by molar-refractivity contribution is 5.82. The van der Waals surface area contributed by atoms with Crippen molar-refractivity contribution in [3.8, 4) is 6.07 Å². The maximum absolute atomic E-state index is 11.8. The molecule has 0 aromatic heterocycles. The molecule has 0 aromatic rings. The zero-order valence-electron chi connectivity index (χ0n) is 8.86. The average molecular weight is 195 g/mol. The highest BCUT2D eigenvalue weighted by Crippen LogP contribution is 2.12. The van der Waals surface area contributed by atoms with Crippen molar-refractivity contribution < 1.29 is 4.79 Å². The van der Waals surface area contributed by atoms with Gasteiger partial charge in [0.15, 0.2) is 0 Å². The Balaban J connectivity index is 2.78. The topological polar surface area (TPSA) is 47.3 Å². The summed E-state index contributed by atoms with van der Waals surface area (Å²) in [5.41, 5.74) is 0. The molecule has 1 aliphatic rings. The summed E-state index contributed by atoms with van der Waals surface area (Å²) >= 11 is 0. The maximum Gasteiger partial charge on any atom is 0.240 e. The Kier molecular flexibility index (Phi) is 3.90. The van der Waals surface area contributed by atoms with Gasteiger partial charge in [-0.05, 0) is 13.0 Å². The molecule has 0 saturated carbocycles. The number of carbonyl (C=O) groups is 1. The Morgan fingerprint density at radius 1 is 1.57 bits per heavy atom. The molecule has 0 aliphatic carbocycles. The van der Waals surface area contributed by atoms with Gasteiger partial charge in [-0.25, -0.2) is 0 Å². The molecule has 14 heavy (non-hydrogen) atoms. The minimum Gasteiger partial charge on any atom is -0.344 e. The lowest BCUT2D eigenvalue weighted by Gasteiger charge is -2.26. The van der Waals surface area contributed by atoms with E-state index in [4.69, 9.17) is 5.26 Å². The van der Waals surface area contributed by atoms with Crippen molar-refractivity contribution in [2.45, 2.75) is 25.8 Å². The van der Waals surface area contributed by atoms with Crippen molar-refractivity contribution in [2.24, 2.45) is 0 Å². The second kappa shape index (κ2) is 4.97. The highest BCUT2D eigenvalue weighted by atomic mass is 16.2. The molecule has 4 heteroatoms. The summed E-state index contributed by atoms with van der Waals surface area (Å²) in [4.78, 5) is 15.7. The molecule has 0 radical (unpaired) electrons. The van der Waals surface area contributed by atoms with Crippen LogP contribution < -0.4 is 0 Å². The SMILES string of the molecule is CCN1CCCN(C)C(=O)C1CC#N. The standard InChI is InChI=1S/C10H17N3O/c1-3-13-8-4-7-12(2)10(14)9(13)5-6-11/h9H,3-5,7-8H2,1-2H3. The number of rotatable bonds is 2. The minimum atomic E-state index is -0.225. The Labute approximate surface area is 85.1 Å². The summed E-state index contributed by atoms with van der Waals surface area (Å²) in [7, 11) is 1.81. The Morgan fingerprint density at radius 2 is 2.29 bits per heavy atom. The van der Waals surface area contributed by atoms with Crippen molar-refractivity contribution in [2.75, 3.05) is 26.7 Å². The van der Waals surface area contributed by atoms with Crippen LogP contribution in [0.4, 0.5) is 0 Å². The molecule has 1 fully saturated rings. The maximum atomic E-state index is 11.8. The van der Waals surface area contributed by atoms with Crippen LogP contribution in [0.5, 0.6) is 0 Å². The summed E-state index contributed by atoms with van der Waals surface area (Å²) < 4.78 is 0. The third-order valence-corrected chi connectivity index (χ3v) is 2.73. The zero-order valence-corrected chi connectivity index (χ0v) is 8.86. The molecule has 78 valence electrons. The van der Waals surface area contributed by atoms with E-state index in [-0.39, 0.29) is 11.9 Å². The summed E-state index contributed by atoms with van der Waals surface area (Å²) in [6.45, 7) is 4.59. The van der Waals surface area contributed by atoms with Crippen molar-refractivity contribution in [1.29, 1.82) is 5.26 Å². The van der Waals surface area contributed by atoms with E-state index in [2.05, 4.69) is 11.0 Å². The molecule has 1 heterocycles. The zero-order chi connectivity index (χ0) is 10.6. The lowest BCUT2D eigenvalue weighted by molar-refractivity contribution is -0.133.